The molecular weight excluding hydrogens is 306 g/mol. The number of allylic oxidation sites excluding steroid dienone is 1. The molecule has 0 saturated carbocycles. The average molecular weight is 326 g/mol. The van der Waals surface area contributed by atoms with Crippen molar-refractivity contribution in [3.8, 4) is 0 Å². The number of nitrogens with zero attached hydrogens (tertiary/aromatic N) is 3. The molecule has 4 heteroatoms. The van der Waals surface area contributed by atoms with Gasteiger partial charge in [-0.2, -0.15) is 0 Å². The number of hydrogen-bond acceptors (Lipinski definition) is 2. The van der Waals surface area contributed by atoms with Crippen molar-refractivity contribution in [2.24, 2.45) is 0 Å². The third-order valence-electron chi connectivity index (χ3n) is 4.25. The highest BCUT2D eigenvalue weighted by atomic mass is 35.5. The first-order valence-corrected chi connectivity index (χ1v) is 8.37. The van der Waals surface area contributed by atoms with Crippen LogP contribution in [0.25, 0.3) is 11.0 Å². The largest absolute Gasteiger partial charge is 0.234 e. The maximum Gasteiger partial charge on any atom is 0.113 e. The highest BCUT2D eigenvalue weighted by Gasteiger charge is 2.31. The summed E-state index contributed by atoms with van der Waals surface area (Å²) in [5.41, 5.74) is 2.85. The van der Waals surface area contributed by atoms with Crippen molar-refractivity contribution in [3.05, 3.63) is 72.8 Å². The van der Waals surface area contributed by atoms with Crippen LogP contribution in [0.5, 0.6) is 0 Å². The van der Waals surface area contributed by atoms with Crippen LogP contribution in [0.3, 0.4) is 0 Å². The van der Waals surface area contributed by atoms with E-state index < -0.39 is 0 Å². The predicted molar refractivity (Wildman–Crippen MR) is 95.8 cm³/mol. The van der Waals surface area contributed by atoms with E-state index >= 15 is 0 Å². The molecule has 0 aliphatic rings. The standard InChI is InChI=1S/C19H20ClN3/c1-2-19(13-8-14-20,15-16-9-4-3-5-10-16)23-18-12-7-6-11-17(18)21-22-23/h2-7,9-12H,1,8,13-15H2. The Morgan fingerprint density at radius 1 is 1.09 bits per heavy atom. The van der Waals surface area contributed by atoms with Gasteiger partial charge in [0.15, 0.2) is 0 Å². The Morgan fingerprint density at radius 2 is 1.83 bits per heavy atom. The molecule has 0 N–H and O–H groups in total. The van der Waals surface area contributed by atoms with Crippen molar-refractivity contribution >= 4 is 22.6 Å². The van der Waals surface area contributed by atoms with Crippen LogP contribution >= 0.6 is 11.6 Å². The molecule has 118 valence electrons. The minimum absolute atomic E-state index is 0.327. The van der Waals surface area contributed by atoms with Gasteiger partial charge in [0.1, 0.15) is 5.52 Å². The van der Waals surface area contributed by atoms with Crippen LogP contribution < -0.4 is 0 Å². The van der Waals surface area contributed by atoms with E-state index in [1.807, 2.05) is 35.0 Å². The number of fused-ring (bicyclic) bond motifs is 1. The minimum atomic E-state index is -0.327. The Morgan fingerprint density at radius 3 is 2.57 bits per heavy atom. The summed E-state index contributed by atoms with van der Waals surface area (Å²) in [4.78, 5) is 0. The first-order chi connectivity index (χ1) is 11.3. The van der Waals surface area contributed by atoms with Crippen LogP contribution in [0.2, 0.25) is 0 Å². The van der Waals surface area contributed by atoms with Crippen molar-refractivity contribution in [2.75, 3.05) is 5.88 Å². The SMILES string of the molecule is C=CC(CCCCl)(Cc1ccccc1)n1nnc2ccccc21. The Kier molecular flexibility index (Phi) is 4.77. The Hall–Kier alpha value is -2.13. The van der Waals surface area contributed by atoms with Crippen LogP contribution in [-0.2, 0) is 12.0 Å². The van der Waals surface area contributed by atoms with E-state index in [9.17, 15) is 0 Å². The van der Waals surface area contributed by atoms with Gasteiger partial charge in [0.25, 0.3) is 0 Å². The smallest absolute Gasteiger partial charge is 0.113 e. The second-order valence-corrected chi connectivity index (χ2v) is 6.13. The lowest BCUT2D eigenvalue weighted by molar-refractivity contribution is 0.308. The molecule has 0 saturated heterocycles. The average Bonchev–Trinajstić information content (AvgIpc) is 3.04. The molecule has 0 spiro atoms. The zero-order valence-electron chi connectivity index (χ0n) is 13.0. The van der Waals surface area contributed by atoms with Gasteiger partial charge in [0.05, 0.1) is 11.1 Å². The molecule has 1 atom stereocenters. The van der Waals surface area contributed by atoms with E-state index in [1.54, 1.807) is 0 Å². The maximum atomic E-state index is 5.97. The zero-order chi connectivity index (χ0) is 16.1. The number of alkyl halides is 1. The van der Waals surface area contributed by atoms with Gasteiger partial charge < -0.3 is 0 Å². The highest BCUT2D eigenvalue weighted by molar-refractivity contribution is 6.17. The van der Waals surface area contributed by atoms with E-state index in [0.29, 0.717) is 5.88 Å². The molecule has 0 bridgehead atoms. The second-order valence-electron chi connectivity index (χ2n) is 5.75. The number of para-hydroxylation sites is 1. The van der Waals surface area contributed by atoms with Crippen LogP contribution in [0.1, 0.15) is 18.4 Å². The molecule has 0 aliphatic heterocycles. The molecule has 1 heterocycles. The molecule has 0 amide bonds. The number of benzene rings is 2. The Balaban J connectivity index is 2.08. The lowest BCUT2D eigenvalue weighted by atomic mass is 9.86. The van der Waals surface area contributed by atoms with Crippen molar-refractivity contribution in [1.82, 2.24) is 15.0 Å². The summed E-state index contributed by atoms with van der Waals surface area (Å²) in [6.07, 6.45) is 4.59. The van der Waals surface area contributed by atoms with Gasteiger partial charge in [-0.15, -0.1) is 23.3 Å². The number of aromatic nitrogens is 3. The van der Waals surface area contributed by atoms with Gasteiger partial charge in [0.2, 0.25) is 0 Å². The first kappa shape index (κ1) is 15.8. The van der Waals surface area contributed by atoms with Gasteiger partial charge in [-0.1, -0.05) is 53.8 Å². The van der Waals surface area contributed by atoms with Crippen LogP contribution in [0.4, 0.5) is 0 Å². The highest BCUT2D eigenvalue weighted by Crippen LogP contribution is 2.31. The topological polar surface area (TPSA) is 30.7 Å². The fourth-order valence-corrected chi connectivity index (χ4v) is 3.18. The molecule has 3 aromatic rings. The molecule has 3 nitrogen and oxygen atoms in total. The zero-order valence-corrected chi connectivity index (χ0v) is 13.8. The lowest BCUT2D eigenvalue weighted by Gasteiger charge is -2.31. The fraction of sp³-hybridized carbons (Fsp3) is 0.263. The molecule has 1 aromatic heterocycles. The summed E-state index contributed by atoms with van der Waals surface area (Å²) in [6.45, 7) is 4.11. The summed E-state index contributed by atoms with van der Waals surface area (Å²) in [6, 6.07) is 18.5. The van der Waals surface area contributed by atoms with Crippen molar-refractivity contribution in [1.29, 1.82) is 0 Å². The number of rotatable bonds is 7. The van der Waals surface area contributed by atoms with E-state index in [1.165, 1.54) is 5.56 Å². The Bertz CT molecular complexity index is 781. The fourth-order valence-electron chi connectivity index (χ4n) is 3.05. The molecule has 3 rings (SSSR count). The van der Waals surface area contributed by atoms with Gasteiger partial charge >= 0.3 is 0 Å². The molecule has 1 unspecified atom stereocenters. The van der Waals surface area contributed by atoms with Gasteiger partial charge in [-0.3, -0.25) is 0 Å². The van der Waals surface area contributed by atoms with E-state index in [2.05, 4.69) is 47.2 Å². The summed E-state index contributed by atoms with van der Waals surface area (Å²) in [5.74, 6) is 0.622. The quantitative estimate of drug-likeness (QED) is 0.470. The number of halogens is 1. The molecule has 2 aromatic carbocycles. The monoisotopic (exact) mass is 325 g/mol. The maximum absolute atomic E-state index is 5.97. The summed E-state index contributed by atoms with van der Waals surface area (Å²) in [5, 5.41) is 8.75. The molecule has 23 heavy (non-hydrogen) atoms. The van der Waals surface area contributed by atoms with E-state index in [4.69, 9.17) is 11.6 Å². The van der Waals surface area contributed by atoms with Gasteiger partial charge in [0, 0.05) is 12.3 Å². The van der Waals surface area contributed by atoms with E-state index in [-0.39, 0.29) is 5.54 Å². The summed E-state index contributed by atoms with van der Waals surface area (Å²) >= 11 is 5.97. The molecular formula is C19H20ClN3. The third kappa shape index (κ3) is 3.15. The van der Waals surface area contributed by atoms with Crippen LogP contribution in [0, 0.1) is 0 Å². The predicted octanol–water partition coefficient (Wildman–Crippen LogP) is 4.57. The first-order valence-electron chi connectivity index (χ1n) is 7.83. The summed E-state index contributed by atoms with van der Waals surface area (Å²) in [7, 11) is 0. The minimum Gasteiger partial charge on any atom is -0.234 e. The second kappa shape index (κ2) is 6.97. The van der Waals surface area contributed by atoms with Crippen molar-refractivity contribution in [3.63, 3.8) is 0 Å². The number of hydrogen-bond donors (Lipinski definition) is 0. The third-order valence-corrected chi connectivity index (χ3v) is 4.52. The van der Waals surface area contributed by atoms with Gasteiger partial charge in [-0.25, -0.2) is 4.68 Å². The normalized spacial score (nSPS) is 13.8. The molecule has 0 aliphatic carbocycles. The summed E-state index contributed by atoms with van der Waals surface area (Å²) < 4.78 is 2.01. The van der Waals surface area contributed by atoms with E-state index in [0.717, 1.165) is 30.3 Å². The molecule has 0 radical (unpaired) electrons. The van der Waals surface area contributed by atoms with Crippen LogP contribution in [-0.4, -0.2) is 20.9 Å². The van der Waals surface area contributed by atoms with Crippen molar-refractivity contribution in [2.45, 2.75) is 24.8 Å². The lowest BCUT2D eigenvalue weighted by Crippen LogP contribution is -2.35. The molecule has 0 fully saturated rings. The van der Waals surface area contributed by atoms with Crippen LogP contribution in [0.15, 0.2) is 67.3 Å². The van der Waals surface area contributed by atoms with Gasteiger partial charge in [-0.05, 0) is 30.5 Å². The Labute approximate surface area is 141 Å². The van der Waals surface area contributed by atoms with Crippen molar-refractivity contribution < 1.29 is 0 Å².